The highest BCUT2D eigenvalue weighted by molar-refractivity contribution is 7.24. The zero-order chi connectivity index (χ0) is 18.1. The number of carbonyl (C=O) groups excluding carboxylic acids is 1. The molecule has 0 fully saturated rings. The van der Waals surface area contributed by atoms with Gasteiger partial charge in [0.15, 0.2) is 10.3 Å². The maximum absolute atomic E-state index is 11.9. The van der Waals surface area contributed by atoms with Gasteiger partial charge in [-0.3, -0.25) is 0 Å². The molecule has 0 radical (unpaired) electrons. The number of fused-ring (bicyclic) bond motifs is 2. The average Bonchev–Trinajstić information content (AvgIpc) is 3.23. The van der Waals surface area contributed by atoms with E-state index in [1.165, 1.54) is 22.7 Å². The van der Waals surface area contributed by atoms with Crippen molar-refractivity contribution >= 4 is 59.3 Å². The molecule has 8 heteroatoms. The largest absolute Gasteiger partial charge is 0.494 e. The summed E-state index contributed by atoms with van der Waals surface area (Å²) in [5.41, 5.74) is 2.18. The number of para-hydroxylation sites is 1. The molecule has 0 spiro atoms. The minimum absolute atomic E-state index is 0.324. The van der Waals surface area contributed by atoms with Crippen molar-refractivity contribution in [1.29, 1.82) is 0 Å². The van der Waals surface area contributed by atoms with Crippen molar-refractivity contribution in [2.24, 2.45) is 0 Å². The van der Waals surface area contributed by atoms with Crippen LogP contribution in [0.25, 0.3) is 20.4 Å². The second-order valence-corrected chi connectivity index (χ2v) is 7.43. The SMILES string of the molecule is CCOC(=O)c1ccc2nc(Nc3nc4c(OC)cccc4s3)sc2c1. The summed E-state index contributed by atoms with van der Waals surface area (Å²) in [6.45, 7) is 2.14. The van der Waals surface area contributed by atoms with E-state index in [0.29, 0.717) is 12.2 Å². The van der Waals surface area contributed by atoms with Crippen LogP contribution in [0.15, 0.2) is 36.4 Å². The van der Waals surface area contributed by atoms with Crippen LogP contribution in [0.2, 0.25) is 0 Å². The van der Waals surface area contributed by atoms with Crippen molar-refractivity contribution < 1.29 is 14.3 Å². The van der Waals surface area contributed by atoms with Gasteiger partial charge in [0.25, 0.3) is 0 Å². The highest BCUT2D eigenvalue weighted by Gasteiger charge is 2.13. The molecule has 132 valence electrons. The average molecular weight is 385 g/mol. The second-order valence-electron chi connectivity index (χ2n) is 5.37. The van der Waals surface area contributed by atoms with Gasteiger partial charge in [0.05, 0.1) is 34.2 Å². The summed E-state index contributed by atoms with van der Waals surface area (Å²) in [6, 6.07) is 11.2. The number of benzene rings is 2. The first-order valence-corrected chi connectivity index (χ1v) is 9.59. The molecule has 4 rings (SSSR count). The number of hydrogen-bond donors (Lipinski definition) is 1. The summed E-state index contributed by atoms with van der Waals surface area (Å²) in [7, 11) is 1.63. The van der Waals surface area contributed by atoms with E-state index in [2.05, 4.69) is 15.3 Å². The number of aromatic nitrogens is 2. The van der Waals surface area contributed by atoms with Crippen LogP contribution in [-0.4, -0.2) is 29.7 Å². The molecular weight excluding hydrogens is 370 g/mol. The van der Waals surface area contributed by atoms with Crippen LogP contribution in [0.4, 0.5) is 10.3 Å². The Bertz CT molecular complexity index is 1100. The first-order chi connectivity index (χ1) is 12.7. The van der Waals surface area contributed by atoms with E-state index in [1.54, 1.807) is 26.2 Å². The molecule has 2 heterocycles. The predicted molar refractivity (Wildman–Crippen MR) is 105 cm³/mol. The van der Waals surface area contributed by atoms with E-state index in [1.807, 2.05) is 24.3 Å². The summed E-state index contributed by atoms with van der Waals surface area (Å²) >= 11 is 3.00. The Morgan fingerprint density at radius 3 is 2.73 bits per heavy atom. The lowest BCUT2D eigenvalue weighted by Gasteiger charge is -2.00. The van der Waals surface area contributed by atoms with Crippen molar-refractivity contribution in [3.63, 3.8) is 0 Å². The van der Waals surface area contributed by atoms with E-state index in [9.17, 15) is 4.79 Å². The normalized spacial score (nSPS) is 11.0. The van der Waals surface area contributed by atoms with Crippen molar-refractivity contribution in [1.82, 2.24) is 9.97 Å². The van der Waals surface area contributed by atoms with Crippen molar-refractivity contribution in [2.45, 2.75) is 6.92 Å². The van der Waals surface area contributed by atoms with Gasteiger partial charge in [0.1, 0.15) is 11.3 Å². The third-order valence-corrected chi connectivity index (χ3v) is 5.58. The predicted octanol–water partition coefficient (Wildman–Crippen LogP) is 4.83. The topological polar surface area (TPSA) is 73.3 Å². The van der Waals surface area contributed by atoms with Crippen molar-refractivity contribution in [3.05, 3.63) is 42.0 Å². The van der Waals surface area contributed by atoms with E-state index < -0.39 is 0 Å². The third kappa shape index (κ3) is 3.09. The number of anilines is 2. The standard InChI is InChI=1S/C18H15N3O3S2/c1-3-24-16(22)10-7-8-11-14(9-10)26-17(19-11)21-18-20-15-12(23-2)5-4-6-13(15)25-18/h4-9H,3H2,1-2H3,(H,19,20,21). The van der Waals surface area contributed by atoms with Gasteiger partial charge < -0.3 is 14.8 Å². The zero-order valence-electron chi connectivity index (χ0n) is 14.1. The third-order valence-electron chi connectivity index (χ3n) is 3.72. The molecule has 0 amide bonds. The van der Waals surface area contributed by atoms with Gasteiger partial charge >= 0.3 is 5.97 Å². The second kappa shape index (κ2) is 6.89. The van der Waals surface area contributed by atoms with Gasteiger partial charge in [0, 0.05) is 0 Å². The summed E-state index contributed by atoms with van der Waals surface area (Å²) in [4.78, 5) is 21.0. The van der Waals surface area contributed by atoms with Gasteiger partial charge in [-0.15, -0.1) is 0 Å². The fourth-order valence-corrected chi connectivity index (χ4v) is 4.40. The first kappa shape index (κ1) is 16.7. The zero-order valence-corrected chi connectivity index (χ0v) is 15.7. The Labute approximate surface area is 157 Å². The van der Waals surface area contributed by atoms with E-state index in [4.69, 9.17) is 9.47 Å². The number of methoxy groups -OCH3 is 1. The van der Waals surface area contributed by atoms with E-state index in [-0.39, 0.29) is 5.97 Å². The van der Waals surface area contributed by atoms with Crippen LogP contribution in [-0.2, 0) is 4.74 Å². The number of ether oxygens (including phenoxy) is 2. The van der Waals surface area contributed by atoms with Crippen LogP contribution in [0.1, 0.15) is 17.3 Å². The van der Waals surface area contributed by atoms with Crippen molar-refractivity contribution in [3.8, 4) is 5.75 Å². The molecule has 4 aromatic rings. The van der Waals surface area contributed by atoms with Crippen LogP contribution in [0, 0.1) is 0 Å². The van der Waals surface area contributed by atoms with Gasteiger partial charge in [-0.2, -0.15) is 0 Å². The molecule has 0 saturated heterocycles. The number of hydrogen-bond acceptors (Lipinski definition) is 8. The molecule has 0 aliphatic carbocycles. The minimum Gasteiger partial charge on any atom is -0.494 e. The van der Waals surface area contributed by atoms with Gasteiger partial charge in [-0.1, -0.05) is 28.7 Å². The molecule has 0 saturated carbocycles. The monoisotopic (exact) mass is 385 g/mol. The number of thiazole rings is 2. The lowest BCUT2D eigenvalue weighted by molar-refractivity contribution is 0.0526. The van der Waals surface area contributed by atoms with Gasteiger partial charge in [-0.25, -0.2) is 14.8 Å². The highest BCUT2D eigenvalue weighted by atomic mass is 32.1. The first-order valence-electron chi connectivity index (χ1n) is 7.96. The number of rotatable bonds is 5. The van der Waals surface area contributed by atoms with Crippen LogP contribution in [0.3, 0.4) is 0 Å². The molecule has 6 nitrogen and oxygen atoms in total. The maximum Gasteiger partial charge on any atom is 0.338 e. The number of carbonyl (C=O) groups is 1. The molecule has 0 bridgehead atoms. The summed E-state index contributed by atoms with van der Waals surface area (Å²) in [5, 5.41) is 4.72. The minimum atomic E-state index is -0.324. The van der Waals surface area contributed by atoms with Crippen LogP contribution in [0.5, 0.6) is 5.75 Å². The lowest BCUT2D eigenvalue weighted by atomic mass is 10.2. The fourth-order valence-electron chi connectivity index (χ4n) is 2.55. The van der Waals surface area contributed by atoms with E-state index in [0.717, 1.165) is 36.4 Å². The highest BCUT2D eigenvalue weighted by Crippen LogP contribution is 2.35. The fraction of sp³-hybridized carbons (Fsp3) is 0.167. The lowest BCUT2D eigenvalue weighted by Crippen LogP contribution is -2.03. The van der Waals surface area contributed by atoms with Crippen LogP contribution >= 0.6 is 22.7 Å². The quantitative estimate of drug-likeness (QED) is 0.496. The Kier molecular flexibility index (Phi) is 4.44. The molecule has 0 atom stereocenters. The number of nitrogens with one attached hydrogen (secondary N) is 1. The summed E-state index contributed by atoms with van der Waals surface area (Å²) < 4.78 is 12.4. The van der Waals surface area contributed by atoms with Gasteiger partial charge in [-0.05, 0) is 37.3 Å². The number of nitrogens with zero attached hydrogens (tertiary/aromatic N) is 2. The van der Waals surface area contributed by atoms with E-state index >= 15 is 0 Å². The number of esters is 1. The molecule has 26 heavy (non-hydrogen) atoms. The molecule has 2 aromatic carbocycles. The molecular formula is C18H15N3O3S2. The molecule has 2 aromatic heterocycles. The van der Waals surface area contributed by atoms with Crippen molar-refractivity contribution in [2.75, 3.05) is 19.0 Å². The Hall–Kier alpha value is -2.71. The molecule has 0 unspecified atom stereocenters. The Morgan fingerprint density at radius 1 is 1.12 bits per heavy atom. The van der Waals surface area contributed by atoms with Gasteiger partial charge in [0.2, 0.25) is 0 Å². The van der Waals surface area contributed by atoms with Crippen LogP contribution < -0.4 is 10.1 Å². The Balaban J connectivity index is 1.64. The summed E-state index contributed by atoms with van der Waals surface area (Å²) in [5.74, 6) is 0.422. The Morgan fingerprint density at radius 2 is 1.92 bits per heavy atom. The molecule has 0 aliphatic rings. The molecule has 0 aliphatic heterocycles. The smallest absolute Gasteiger partial charge is 0.338 e. The summed E-state index contributed by atoms with van der Waals surface area (Å²) in [6.07, 6.45) is 0. The maximum atomic E-state index is 11.9. The molecule has 1 N–H and O–H groups in total.